The Balaban J connectivity index is 2.37. The maximum atomic E-state index is 13.5. The molecule has 0 atom stereocenters. The van der Waals surface area contributed by atoms with E-state index in [2.05, 4.69) is 33.0 Å². The Morgan fingerprint density at radius 3 is 2.33 bits per heavy atom. The molecule has 0 aliphatic carbocycles. The van der Waals surface area contributed by atoms with Gasteiger partial charge in [-0.1, -0.05) is 27.7 Å². The summed E-state index contributed by atoms with van der Waals surface area (Å²) in [7, 11) is 0. The lowest BCUT2D eigenvalue weighted by Gasteiger charge is -2.10. The molecule has 1 nitrogen and oxygen atoms in total. The van der Waals surface area contributed by atoms with E-state index in [0.717, 1.165) is 29.6 Å². The second kappa shape index (κ2) is 6.84. The molecule has 1 aromatic carbocycles. The van der Waals surface area contributed by atoms with E-state index in [-0.39, 0.29) is 0 Å². The van der Waals surface area contributed by atoms with Crippen LogP contribution in [-0.2, 0) is 13.0 Å². The van der Waals surface area contributed by atoms with Gasteiger partial charge in [0.1, 0.15) is 0 Å². The molecule has 0 spiro atoms. The smallest absolute Gasteiger partial charge is 0.160 e. The summed E-state index contributed by atoms with van der Waals surface area (Å²) < 4.78 is 27.8. The molecule has 116 valence electrons. The molecule has 0 amide bonds. The summed E-state index contributed by atoms with van der Waals surface area (Å²) in [6.07, 6.45) is 0.893. The molecule has 0 bridgehead atoms. The van der Waals surface area contributed by atoms with Gasteiger partial charge in [-0.15, -0.1) is 11.3 Å². The second-order valence-electron chi connectivity index (χ2n) is 6.39. The van der Waals surface area contributed by atoms with Crippen molar-refractivity contribution in [2.24, 2.45) is 11.8 Å². The Morgan fingerprint density at radius 1 is 1.05 bits per heavy atom. The Hall–Kier alpha value is -1.00. The zero-order valence-electron chi connectivity index (χ0n) is 13.1. The summed E-state index contributed by atoms with van der Waals surface area (Å²) in [5.41, 5.74) is 1.17. The van der Waals surface area contributed by atoms with Crippen LogP contribution in [0.5, 0.6) is 0 Å². The zero-order chi connectivity index (χ0) is 15.6. The highest BCUT2D eigenvalue weighted by molar-refractivity contribution is 7.19. The summed E-state index contributed by atoms with van der Waals surface area (Å²) >= 11 is 1.57. The molecule has 0 radical (unpaired) electrons. The topological polar surface area (TPSA) is 12.0 Å². The van der Waals surface area contributed by atoms with Gasteiger partial charge in [0.05, 0.1) is 0 Å². The van der Waals surface area contributed by atoms with Crippen LogP contribution in [0.4, 0.5) is 8.78 Å². The molecular weight excluding hydrogens is 288 g/mol. The molecule has 21 heavy (non-hydrogen) atoms. The van der Waals surface area contributed by atoms with Crippen molar-refractivity contribution in [3.63, 3.8) is 0 Å². The van der Waals surface area contributed by atoms with Crippen molar-refractivity contribution >= 4 is 21.4 Å². The first-order valence-electron chi connectivity index (χ1n) is 7.48. The van der Waals surface area contributed by atoms with Gasteiger partial charge in [0.2, 0.25) is 0 Å². The first-order valence-corrected chi connectivity index (χ1v) is 8.30. The minimum Gasteiger partial charge on any atom is -0.312 e. The van der Waals surface area contributed by atoms with Crippen LogP contribution in [0.3, 0.4) is 0 Å². The van der Waals surface area contributed by atoms with Gasteiger partial charge in [-0.05, 0) is 47.9 Å². The van der Waals surface area contributed by atoms with Crippen molar-refractivity contribution < 1.29 is 8.78 Å². The summed E-state index contributed by atoms with van der Waals surface area (Å²) in [4.78, 5) is 1.20. The lowest BCUT2D eigenvalue weighted by molar-refractivity contribution is 0.511. The summed E-state index contributed by atoms with van der Waals surface area (Å²) in [6, 6.07) is 2.68. The average molecular weight is 311 g/mol. The van der Waals surface area contributed by atoms with E-state index in [1.807, 2.05) is 0 Å². The normalized spacial score (nSPS) is 12.0. The summed E-state index contributed by atoms with van der Waals surface area (Å²) in [5, 5.41) is 4.30. The van der Waals surface area contributed by atoms with E-state index in [0.29, 0.717) is 11.8 Å². The minimum atomic E-state index is -0.762. The van der Waals surface area contributed by atoms with E-state index in [1.54, 1.807) is 11.3 Å². The molecule has 0 unspecified atom stereocenters. The predicted octanol–water partition coefficient (Wildman–Crippen LogP) is 5.12. The third kappa shape index (κ3) is 4.01. The lowest BCUT2D eigenvalue weighted by Crippen LogP contribution is -2.19. The van der Waals surface area contributed by atoms with E-state index < -0.39 is 11.6 Å². The van der Waals surface area contributed by atoms with E-state index in [9.17, 15) is 8.78 Å². The first kappa shape index (κ1) is 16.4. The average Bonchev–Trinajstić information content (AvgIpc) is 2.67. The molecule has 2 aromatic rings. The molecule has 0 saturated carbocycles. The monoisotopic (exact) mass is 311 g/mol. The van der Waals surface area contributed by atoms with Gasteiger partial charge >= 0.3 is 0 Å². The number of hydrogen-bond donors (Lipinski definition) is 1. The molecular formula is C17H23F2NS. The molecule has 0 fully saturated rings. The molecule has 0 aliphatic rings. The van der Waals surface area contributed by atoms with Crippen molar-refractivity contribution in [1.29, 1.82) is 0 Å². The highest BCUT2D eigenvalue weighted by atomic mass is 32.1. The van der Waals surface area contributed by atoms with Gasteiger partial charge in [0.25, 0.3) is 0 Å². The number of fused-ring (bicyclic) bond motifs is 1. The summed E-state index contributed by atoms with van der Waals surface area (Å²) in [6.45, 7) is 10.3. The fourth-order valence-electron chi connectivity index (χ4n) is 2.44. The van der Waals surface area contributed by atoms with E-state index in [4.69, 9.17) is 0 Å². The third-order valence-electron chi connectivity index (χ3n) is 3.37. The van der Waals surface area contributed by atoms with E-state index >= 15 is 0 Å². The number of hydrogen-bond acceptors (Lipinski definition) is 2. The minimum absolute atomic E-state index is 0.486. The van der Waals surface area contributed by atoms with Crippen LogP contribution in [0.25, 0.3) is 10.1 Å². The molecule has 4 heteroatoms. The number of halogens is 2. The molecule has 1 heterocycles. The number of nitrogens with one attached hydrogen (secondary N) is 1. The van der Waals surface area contributed by atoms with Crippen molar-refractivity contribution in [3.05, 3.63) is 34.2 Å². The van der Waals surface area contributed by atoms with Gasteiger partial charge < -0.3 is 5.32 Å². The predicted molar refractivity (Wildman–Crippen MR) is 86.8 cm³/mol. The van der Waals surface area contributed by atoms with Crippen LogP contribution in [0.1, 0.15) is 38.1 Å². The molecule has 0 saturated heterocycles. The van der Waals surface area contributed by atoms with Crippen LogP contribution in [0.15, 0.2) is 12.1 Å². The van der Waals surface area contributed by atoms with Crippen LogP contribution in [0.2, 0.25) is 0 Å². The Kier molecular flexibility index (Phi) is 5.33. The maximum Gasteiger partial charge on any atom is 0.160 e. The highest BCUT2D eigenvalue weighted by Gasteiger charge is 2.16. The third-order valence-corrected chi connectivity index (χ3v) is 4.56. The van der Waals surface area contributed by atoms with Crippen LogP contribution >= 0.6 is 11.3 Å². The van der Waals surface area contributed by atoms with Gasteiger partial charge in [0, 0.05) is 16.1 Å². The zero-order valence-corrected chi connectivity index (χ0v) is 13.9. The van der Waals surface area contributed by atoms with Gasteiger partial charge in [-0.3, -0.25) is 0 Å². The van der Waals surface area contributed by atoms with Crippen LogP contribution < -0.4 is 5.32 Å². The Morgan fingerprint density at radius 2 is 1.71 bits per heavy atom. The van der Waals surface area contributed by atoms with Crippen molar-refractivity contribution in [2.45, 2.75) is 40.7 Å². The summed E-state index contributed by atoms with van der Waals surface area (Å²) in [5.74, 6) is -0.448. The fourth-order valence-corrected chi connectivity index (χ4v) is 3.65. The quantitative estimate of drug-likeness (QED) is 0.780. The molecule has 0 aliphatic heterocycles. The number of benzene rings is 1. The van der Waals surface area contributed by atoms with Crippen LogP contribution in [-0.4, -0.2) is 6.54 Å². The molecule has 1 aromatic heterocycles. The van der Waals surface area contributed by atoms with Crippen molar-refractivity contribution in [3.8, 4) is 0 Å². The van der Waals surface area contributed by atoms with Crippen molar-refractivity contribution in [2.75, 3.05) is 6.54 Å². The molecule has 2 rings (SSSR count). The second-order valence-corrected chi connectivity index (χ2v) is 7.53. The Bertz CT molecular complexity index is 617. The first-order chi connectivity index (χ1) is 9.88. The van der Waals surface area contributed by atoms with Crippen molar-refractivity contribution in [1.82, 2.24) is 5.32 Å². The van der Waals surface area contributed by atoms with Gasteiger partial charge in [-0.25, -0.2) is 8.78 Å². The largest absolute Gasteiger partial charge is 0.312 e. The fraction of sp³-hybridized carbons (Fsp3) is 0.529. The number of rotatable bonds is 6. The van der Waals surface area contributed by atoms with Gasteiger partial charge in [0.15, 0.2) is 11.6 Å². The SMILES string of the molecule is CC(C)CNCc1sc2cc(F)c(F)cc2c1CC(C)C. The number of thiophene rings is 1. The van der Waals surface area contributed by atoms with E-state index in [1.165, 1.54) is 22.6 Å². The Labute approximate surface area is 129 Å². The lowest BCUT2D eigenvalue weighted by atomic mass is 9.99. The highest BCUT2D eigenvalue weighted by Crippen LogP contribution is 2.34. The maximum absolute atomic E-state index is 13.5. The molecule has 1 N–H and O–H groups in total. The standard InChI is InChI=1S/C17H23F2NS/c1-10(2)5-12-13-6-14(18)15(19)7-16(13)21-17(12)9-20-8-11(3)4/h6-7,10-11,20H,5,8-9H2,1-4H3. The van der Waals surface area contributed by atoms with Crippen LogP contribution in [0, 0.1) is 23.5 Å². The van der Waals surface area contributed by atoms with Gasteiger partial charge in [-0.2, -0.15) is 0 Å².